The van der Waals surface area contributed by atoms with Crippen molar-refractivity contribution >= 4 is 11.0 Å². The molecule has 1 heterocycles. The molecule has 17 heavy (non-hydrogen) atoms. The third-order valence-corrected chi connectivity index (χ3v) is 2.50. The number of aliphatic hydroxyl groups excluding tert-OH is 1. The SMILES string of the molecule is CCCOCC(O)c1ccc2nccnc2c1. The lowest BCUT2D eigenvalue weighted by atomic mass is 10.1. The smallest absolute Gasteiger partial charge is 0.102 e. The van der Waals surface area contributed by atoms with Gasteiger partial charge in [0.25, 0.3) is 0 Å². The first-order valence-electron chi connectivity index (χ1n) is 5.77. The van der Waals surface area contributed by atoms with Crippen LogP contribution in [-0.4, -0.2) is 28.3 Å². The maximum absolute atomic E-state index is 9.93. The number of hydrogen-bond donors (Lipinski definition) is 1. The summed E-state index contributed by atoms with van der Waals surface area (Å²) in [5, 5.41) is 9.93. The van der Waals surface area contributed by atoms with Gasteiger partial charge in [-0.2, -0.15) is 0 Å². The fourth-order valence-electron chi connectivity index (χ4n) is 1.62. The van der Waals surface area contributed by atoms with Crippen molar-refractivity contribution in [3.05, 3.63) is 36.2 Å². The summed E-state index contributed by atoms with van der Waals surface area (Å²) in [6.45, 7) is 3.03. The molecule has 0 aliphatic rings. The van der Waals surface area contributed by atoms with Crippen LogP contribution in [0.3, 0.4) is 0 Å². The molecule has 1 atom stereocenters. The number of aromatic nitrogens is 2. The Hall–Kier alpha value is -1.52. The lowest BCUT2D eigenvalue weighted by Crippen LogP contribution is -2.07. The van der Waals surface area contributed by atoms with Crippen LogP contribution in [0.25, 0.3) is 11.0 Å². The first-order valence-corrected chi connectivity index (χ1v) is 5.77. The molecule has 0 bridgehead atoms. The molecular formula is C13H16N2O2. The fourth-order valence-corrected chi connectivity index (χ4v) is 1.62. The normalized spacial score (nSPS) is 12.8. The quantitative estimate of drug-likeness (QED) is 0.802. The predicted octanol–water partition coefficient (Wildman–Crippen LogP) is 2.09. The predicted molar refractivity (Wildman–Crippen MR) is 65.6 cm³/mol. The highest BCUT2D eigenvalue weighted by Crippen LogP contribution is 2.17. The average molecular weight is 232 g/mol. The third kappa shape index (κ3) is 2.99. The van der Waals surface area contributed by atoms with Gasteiger partial charge in [-0.05, 0) is 24.1 Å². The summed E-state index contributed by atoms with van der Waals surface area (Å²) < 4.78 is 5.33. The van der Waals surface area contributed by atoms with Crippen LogP contribution >= 0.6 is 0 Å². The van der Waals surface area contributed by atoms with Crippen molar-refractivity contribution in [2.45, 2.75) is 19.4 Å². The van der Waals surface area contributed by atoms with Crippen LogP contribution in [0, 0.1) is 0 Å². The molecule has 0 saturated heterocycles. The molecule has 0 saturated carbocycles. The maximum atomic E-state index is 9.93. The van der Waals surface area contributed by atoms with Gasteiger partial charge >= 0.3 is 0 Å². The van der Waals surface area contributed by atoms with E-state index in [0.29, 0.717) is 13.2 Å². The van der Waals surface area contributed by atoms with Crippen LogP contribution in [0.2, 0.25) is 0 Å². The Labute approximate surface area is 100 Å². The molecule has 0 amide bonds. The number of aliphatic hydroxyl groups is 1. The number of benzene rings is 1. The van der Waals surface area contributed by atoms with E-state index in [4.69, 9.17) is 4.74 Å². The Morgan fingerprint density at radius 2 is 2.00 bits per heavy atom. The zero-order chi connectivity index (χ0) is 12.1. The molecule has 90 valence electrons. The van der Waals surface area contributed by atoms with E-state index in [1.54, 1.807) is 12.4 Å². The summed E-state index contributed by atoms with van der Waals surface area (Å²) in [5.41, 5.74) is 2.44. The maximum Gasteiger partial charge on any atom is 0.102 e. The van der Waals surface area contributed by atoms with Crippen molar-refractivity contribution in [3.63, 3.8) is 0 Å². The molecule has 1 aromatic heterocycles. The van der Waals surface area contributed by atoms with Gasteiger partial charge in [0.15, 0.2) is 0 Å². The second-order valence-corrected chi connectivity index (χ2v) is 3.90. The topological polar surface area (TPSA) is 55.2 Å². The number of ether oxygens (including phenoxy) is 1. The Kier molecular flexibility index (Phi) is 4.01. The van der Waals surface area contributed by atoms with Crippen LogP contribution in [0.15, 0.2) is 30.6 Å². The molecular weight excluding hydrogens is 216 g/mol. The van der Waals surface area contributed by atoms with Gasteiger partial charge in [-0.25, -0.2) is 0 Å². The molecule has 4 nitrogen and oxygen atoms in total. The standard InChI is InChI=1S/C13H16N2O2/c1-2-7-17-9-13(16)10-3-4-11-12(8-10)15-6-5-14-11/h3-6,8,13,16H,2,7,9H2,1H3. The van der Waals surface area contributed by atoms with Gasteiger partial charge in [0.1, 0.15) is 6.10 Å². The monoisotopic (exact) mass is 232 g/mol. The average Bonchev–Trinajstić information content (AvgIpc) is 2.38. The van der Waals surface area contributed by atoms with Crippen molar-refractivity contribution in [2.24, 2.45) is 0 Å². The largest absolute Gasteiger partial charge is 0.386 e. The van der Waals surface area contributed by atoms with E-state index >= 15 is 0 Å². The van der Waals surface area contributed by atoms with Crippen LogP contribution in [0.5, 0.6) is 0 Å². The third-order valence-electron chi connectivity index (χ3n) is 2.50. The highest BCUT2D eigenvalue weighted by atomic mass is 16.5. The second-order valence-electron chi connectivity index (χ2n) is 3.90. The summed E-state index contributed by atoms with van der Waals surface area (Å²) in [7, 11) is 0. The molecule has 0 fully saturated rings. The fraction of sp³-hybridized carbons (Fsp3) is 0.385. The van der Waals surface area contributed by atoms with Crippen LogP contribution in [0.4, 0.5) is 0 Å². The molecule has 2 rings (SSSR count). The summed E-state index contributed by atoms with van der Waals surface area (Å²) in [6, 6.07) is 5.57. The first kappa shape index (κ1) is 12.0. The van der Waals surface area contributed by atoms with Crippen LogP contribution < -0.4 is 0 Å². The lowest BCUT2D eigenvalue weighted by molar-refractivity contribution is 0.0364. The first-order chi connectivity index (χ1) is 8.31. The molecule has 0 radical (unpaired) electrons. The number of hydrogen-bond acceptors (Lipinski definition) is 4. The number of nitrogens with zero attached hydrogens (tertiary/aromatic N) is 2. The summed E-state index contributed by atoms with van der Waals surface area (Å²) in [4.78, 5) is 8.39. The molecule has 2 aromatic rings. The Balaban J connectivity index is 2.12. The van der Waals surface area contributed by atoms with Gasteiger partial charge in [0.05, 0.1) is 17.6 Å². The molecule has 0 aliphatic heterocycles. The molecule has 0 aliphatic carbocycles. The van der Waals surface area contributed by atoms with Crippen LogP contribution in [0.1, 0.15) is 25.0 Å². The van der Waals surface area contributed by atoms with Crippen LogP contribution in [-0.2, 0) is 4.74 Å². The van der Waals surface area contributed by atoms with Gasteiger partial charge in [-0.15, -0.1) is 0 Å². The lowest BCUT2D eigenvalue weighted by Gasteiger charge is -2.11. The number of fused-ring (bicyclic) bond motifs is 1. The van der Waals surface area contributed by atoms with E-state index in [-0.39, 0.29) is 0 Å². The minimum Gasteiger partial charge on any atom is -0.386 e. The highest BCUT2D eigenvalue weighted by molar-refractivity contribution is 5.74. The Bertz CT molecular complexity index is 488. The van der Waals surface area contributed by atoms with E-state index in [1.165, 1.54) is 0 Å². The van der Waals surface area contributed by atoms with E-state index in [2.05, 4.69) is 9.97 Å². The summed E-state index contributed by atoms with van der Waals surface area (Å²) >= 11 is 0. The molecule has 4 heteroatoms. The van der Waals surface area contributed by atoms with Gasteiger partial charge in [-0.1, -0.05) is 13.0 Å². The van der Waals surface area contributed by atoms with Crippen molar-refractivity contribution in [1.82, 2.24) is 9.97 Å². The van der Waals surface area contributed by atoms with Crippen molar-refractivity contribution < 1.29 is 9.84 Å². The van der Waals surface area contributed by atoms with Gasteiger partial charge < -0.3 is 9.84 Å². The van der Waals surface area contributed by atoms with Gasteiger partial charge in [-0.3, -0.25) is 9.97 Å². The Morgan fingerprint density at radius 1 is 1.24 bits per heavy atom. The van der Waals surface area contributed by atoms with E-state index < -0.39 is 6.10 Å². The highest BCUT2D eigenvalue weighted by Gasteiger charge is 2.08. The summed E-state index contributed by atoms with van der Waals surface area (Å²) in [6.07, 6.45) is 3.65. The van der Waals surface area contributed by atoms with Gasteiger partial charge in [0.2, 0.25) is 0 Å². The van der Waals surface area contributed by atoms with E-state index in [0.717, 1.165) is 23.0 Å². The zero-order valence-corrected chi connectivity index (χ0v) is 9.84. The van der Waals surface area contributed by atoms with Crippen molar-refractivity contribution in [2.75, 3.05) is 13.2 Å². The molecule has 0 spiro atoms. The zero-order valence-electron chi connectivity index (χ0n) is 9.84. The van der Waals surface area contributed by atoms with Crippen molar-refractivity contribution in [3.8, 4) is 0 Å². The second kappa shape index (κ2) is 5.70. The molecule has 1 unspecified atom stereocenters. The minimum atomic E-state index is -0.604. The van der Waals surface area contributed by atoms with Gasteiger partial charge in [0, 0.05) is 19.0 Å². The number of rotatable bonds is 5. The summed E-state index contributed by atoms with van der Waals surface area (Å²) in [5.74, 6) is 0. The Morgan fingerprint density at radius 3 is 2.76 bits per heavy atom. The van der Waals surface area contributed by atoms with E-state index in [1.807, 2.05) is 25.1 Å². The van der Waals surface area contributed by atoms with E-state index in [9.17, 15) is 5.11 Å². The molecule has 1 N–H and O–H groups in total. The molecule has 1 aromatic carbocycles. The minimum absolute atomic E-state index is 0.319. The van der Waals surface area contributed by atoms with Crippen molar-refractivity contribution in [1.29, 1.82) is 0 Å².